The van der Waals surface area contributed by atoms with E-state index in [0.717, 1.165) is 16.9 Å². The number of nitrogens with one attached hydrogen (secondary N) is 1. The van der Waals surface area contributed by atoms with Gasteiger partial charge in [0.15, 0.2) is 0 Å². The summed E-state index contributed by atoms with van der Waals surface area (Å²) in [6.07, 6.45) is 1.52. The highest BCUT2D eigenvalue weighted by molar-refractivity contribution is 8.26. The summed E-state index contributed by atoms with van der Waals surface area (Å²) in [5.74, 6) is -1.47. The molecule has 3 rings (SSSR count). The van der Waals surface area contributed by atoms with Crippen LogP contribution in [0.3, 0.4) is 0 Å². The molecule has 7 heteroatoms. The predicted octanol–water partition coefficient (Wildman–Crippen LogP) is 2.77. The normalized spacial score (nSPS) is 15.5. The van der Waals surface area contributed by atoms with Crippen molar-refractivity contribution in [1.82, 2.24) is 4.90 Å². The number of anilines is 2. The lowest BCUT2D eigenvalue weighted by Crippen LogP contribution is -2.33. The minimum absolute atomic E-state index is 0.0320. The van der Waals surface area contributed by atoms with Crippen LogP contribution in [0, 0.1) is 0 Å². The number of carboxylic acids is 1. The Morgan fingerprint density at radius 2 is 1.77 bits per heavy atom. The summed E-state index contributed by atoms with van der Waals surface area (Å²) in [6.45, 7) is 0.0320. The number of amides is 1. The molecule has 0 atom stereocenters. The van der Waals surface area contributed by atoms with Gasteiger partial charge in [-0.25, -0.2) is 0 Å². The molecule has 2 aromatic carbocycles. The number of nitrogens with zero attached hydrogens (tertiary/aromatic N) is 1. The SMILES string of the molecule is O=C([O-])CCN1C(=O)/C(=C\c2ccc(Nc3ccccc3)cc2)SC1=S. The van der Waals surface area contributed by atoms with Crippen LogP contribution in [-0.2, 0) is 9.59 Å². The van der Waals surface area contributed by atoms with Crippen LogP contribution >= 0.6 is 24.0 Å². The molecule has 1 fully saturated rings. The maximum atomic E-state index is 12.4. The average Bonchev–Trinajstić information content (AvgIpc) is 2.89. The maximum absolute atomic E-state index is 12.4. The van der Waals surface area contributed by atoms with Gasteiger partial charge in [-0.3, -0.25) is 9.69 Å². The van der Waals surface area contributed by atoms with E-state index in [4.69, 9.17) is 12.2 Å². The first-order valence-corrected chi connectivity index (χ1v) is 9.13. The molecule has 2 aromatic rings. The third-order valence-corrected chi connectivity index (χ3v) is 5.06. The zero-order valence-electron chi connectivity index (χ0n) is 13.7. The van der Waals surface area contributed by atoms with Crippen molar-refractivity contribution in [3.05, 3.63) is 65.1 Å². The first-order chi connectivity index (χ1) is 12.5. The third-order valence-electron chi connectivity index (χ3n) is 3.68. The van der Waals surface area contributed by atoms with Crippen molar-refractivity contribution in [3.63, 3.8) is 0 Å². The number of para-hydroxylation sites is 1. The van der Waals surface area contributed by atoms with Crippen LogP contribution in [0.1, 0.15) is 12.0 Å². The summed E-state index contributed by atoms with van der Waals surface area (Å²) in [7, 11) is 0. The van der Waals surface area contributed by atoms with Crippen LogP contribution in [0.5, 0.6) is 0 Å². The van der Waals surface area contributed by atoms with Crippen molar-refractivity contribution >= 4 is 57.6 Å². The van der Waals surface area contributed by atoms with Crippen LogP contribution < -0.4 is 10.4 Å². The summed E-state index contributed by atoms with van der Waals surface area (Å²) in [4.78, 5) is 24.7. The Morgan fingerprint density at radius 3 is 2.42 bits per heavy atom. The number of hydrogen-bond donors (Lipinski definition) is 1. The van der Waals surface area contributed by atoms with Crippen molar-refractivity contribution in [1.29, 1.82) is 0 Å². The summed E-state index contributed by atoms with van der Waals surface area (Å²) in [6, 6.07) is 17.5. The first-order valence-electron chi connectivity index (χ1n) is 7.90. The van der Waals surface area contributed by atoms with E-state index in [1.54, 1.807) is 6.08 Å². The summed E-state index contributed by atoms with van der Waals surface area (Å²) in [5.41, 5.74) is 2.80. The molecule has 1 heterocycles. The first kappa shape index (κ1) is 18.2. The van der Waals surface area contributed by atoms with Gasteiger partial charge in [0.1, 0.15) is 4.32 Å². The molecule has 0 unspecified atom stereocenters. The predicted molar refractivity (Wildman–Crippen MR) is 106 cm³/mol. The van der Waals surface area contributed by atoms with Crippen LogP contribution in [0.25, 0.3) is 6.08 Å². The maximum Gasteiger partial charge on any atom is 0.266 e. The van der Waals surface area contributed by atoms with Crippen molar-refractivity contribution in [2.75, 3.05) is 11.9 Å². The number of carbonyl (C=O) groups excluding carboxylic acids is 2. The number of hydrogen-bond acceptors (Lipinski definition) is 6. The molecule has 0 spiro atoms. The second kappa shape index (κ2) is 8.16. The van der Waals surface area contributed by atoms with Crippen molar-refractivity contribution in [3.8, 4) is 0 Å². The number of benzene rings is 2. The molecule has 132 valence electrons. The molecule has 0 bridgehead atoms. The number of thioether (sulfide) groups is 1. The zero-order valence-corrected chi connectivity index (χ0v) is 15.3. The van der Waals surface area contributed by atoms with E-state index in [1.165, 1.54) is 16.7 Å². The fourth-order valence-corrected chi connectivity index (χ4v) is 3.71. The lowest BCUT2D eigenvalue weighted by Gasteiger charge is -2.14. The van der Waals surface area contributed by atoms with Gasteiger partial charge in [-0.2, -0.15) is 0 Å². The number of rotatable bonds is 6. The zero-order chi connectivity index (χ0) is 18.5. The Bertz CT molecular complexity index is 864. The van der Waals surface area contributed by atoms with E-state index in [9.17, 15) is 14.7 Å². The van der Waals surface area contributed by atoms with E-state index in [1.807, 2.05) is 54.6 Å². The minimum atomic E-state index is -1.20. The van der Waals surface area contributed by atoms with E-state index >= 15 is 0 Å². The van der Waals surface area contributed by atoms with Gasteiger partial charge in [-0.15, -0.1) is 0 Å². The van der Waals surface area contributed by atoms with Gasteiger partial charge in [0.25, 0.3) is 5.91 Å². The lowest BCUT2D eigenvalue weighted by molar-refractivity contribution is -0.305. The molecule has 0 saturated carbocycles. The highest BCUT2D eigenvalue weighted by Crippen LogP contribution is 2.32. The summed E-state index contributed by atoms with van der Waals surface area (Å²) in [5, 5.41) is 13.9. The smallest absolute Gasteiger partial charge is 0.266 e. The van der Waals surface area contributed by atoms with E-state index in [0.29, 0.717) is 9.23 Å². The van der Waals surface area contributed by atoms with Gasteiger partial charge < -0.3 is 15.2 Å². The molecule has 1 aliphatic rings. The Kier molecular flexibility index (Phi) is 5.70. The molecule has 0 aromatic heterocycles. The highest BCUT2D eigenvalue weighted by atomic mass is 32.2. The Hall–Kier alpha value is -2.64. The highest BCUT2D eigenvalue weighted by Gasteiger charge is 2.31. The van der Waals surface area contributed by atoms with Crippen LogP contribution in [0.15, 0.2) is 59.5 Å². The molecule has 0 aliphatic carbocycles. The molecule has 1 amide bonds. The van der Waals surface area contributed by atoms with Crippen molar-refractivity contribution in [2.24, 2.45) is 0 Å². The van der Waals surface area contributed by atoms with Crippen LogP contribution in [0.4, 0.5) is 11.4 Å². The van der Waals surface area contributed by atoms with Crippen LogP contribution in [0.2, 0.25) is 0 Å². The summed E-state index contributed by atoms with van der Waals surface area (Å²) < 4.78 is 0.366. The quantitative estimate of drug-likeness (QED) is 0.611. The number of carboxylic acid groups (broad SMARTS) is 1. The van der Waals surface area contributed by atoms with Gasteiger partial charge in [0.2, 0.25) is 0 Å². The Morgan fingerprint density at radius 1 is 1.12 bits per heavy atom. The molecular formula is C19H15N2O3S2-. The second-order valence-electron chi connectivity index (χ2n) is 5.57. The lowest BCUT2D eigenvalue weighted by atomic mass is 10.2. The fourth-order valence-electron chi connectivity index (χ4n) is 2.40. The molecule has 5 nitrogen and oxygen atoms in total. The molecular weight excluding hydrogens is 368 g/mol. The van der Waals surface area contributed by atoms with Gasteiger partial charge in [0.05, 0.1) is 4.91 Å². The number of carbonyl (C=O) groups is 2. The molecule has 1 N–H and O–H groups in total. The average molecular weight is 383 g/mol. The molecule has 1 aliphatic heterocycles. The third kappa shape index (κ3) is 4.50. The van der Waals surface area contributed by atoms with Gasteiger partial charge >= 0.3 is 0 Å². The van der Waals surface area contributed by atoms with E-state index < -0.39 is 5.97 Å². The van der Waals surface area contributed by atoms with Crippen LogP contribution in [-0.4, -0.2) is 27.6 Å². The number of thiocarbonyl (C=S) groups is 1. The topological polar surface area (TPSA) is 72.5 Å². The van der Waals surface area contributed by atoms with Crippen molar-refractivity contribution in [2.45, 2.75) is 6.42 Å². The van der Waals surface area contributed by atoms with Gasteiger partial charge in [-0.1, -0.05) is 54.3 Å². The van der Waals surface area contributed by atoms with Gasteiger partial charge in [-0.05, 0) is 35.9 Å². The molecule has 26 heavy (non-hydrogen) atoms. The minimum Gasteiger partial charge on any atom is -0.550 e. The second-order valence-corrected chi connectivity index (χ2v) is 7.24. The molecule has 0 radical (unpaired) electrons. The number of aliphatic carboxylic acids is 1. The fraction of sp³-hybridized carbons (Fsp3) is 0.105. The standard InChI is InChI=1S/C19H16N2O3S2/c22-17(23)10-11-21-18(24)16(26-19(21)25)12-13-6-8-15(9-7-13)20-14-4-2-1-3-5-14/h1-9,12,20H,10-11H2,(H,22,23)/p-1/b16-12+. The van der Waals surface area contributed by atoms with Crippen molar-refractivity contribution < 1.29 is 14.7 Å². The van der Waals surface area contributed by atoms with E-state index in [2.05, 4.69) is 5.32 Å². The largest absolute Gasteiger partial charge is 0.550 e. The van der Waals surface area contributed by atoms with E-state index in [-0.39, 0.29) is 18.9 Å². The Labute approximate surface area is 160 Å². The Balaban J connectivity index is 1.69. The van der Waals surface area contributed by atoms with Gasteiger partial charge in [0, 0.05) is 30.3 Å². The molecule has 1 saturated heterocycles. The monoisotopic (exact) mass is 383 g/mol. The summed E-state index contributed by atoms with van der Waals surface area (Å²) >= 11 is 6.34.